The van der Waals surface area contributed by atoms with Crippen molar-refractivity contribution in [3.63, 3.8) is 0 Å². The Bertz CT molecular complexity index is 292. The van der Waals surface area contributed by atoms with Gasteiger partial charge in [0, 0.05) is 38.3 Å². The molecule has 3 rings (SSSR count). The molecular formula is C15H28N2O. The van der Waals surface area contributed by atoms with Crippen molar-refractivity contribution in [1.82, 2.24) is 10.2 Å². The van der Waals surface area contributed by atoms with Crippen LogP contribution in [-0.2, 0) is 4.74 Å². The van der Waals surface area contributed by atoms with E-state index in [-0.39, 0.29) is 0 Å². The average molecular weight is 252 g/mol. The quantitative estimate of drug-likeness (QED) is 0.831. The lowest BCUT2D eigenvalue weighted by molar-refractivity contribution is -0.0325. The second-order valence-electron chi connectivity index (χ2n) is 6.68. The van der Waals surface area contributed by atoms with E-state index in [1.54, 1.807) is 0 Å². The highest BCUT2D eigenvalue weighted by Gasteiger charge is 2.49. The molecule has 3 nitrogen and oxygen atoms in total. The number of rotatable bonds is 3. The van der Waals surface area contributed by atoms with Crippen LogP contribution in [0, 0.1) is 5.92 Å². The maximum Gasteiger partial charge on any atom is 0.0586 e. The summed E-state index contributed by atoms with van der Waals surface area (Å²) in [7, 11) is 1.88. The number of methoxy groups -OCH3 is 1. The topological polar surface area (TPSA) is 24.5 Å². The Morgan fingerprint density at radius 2 is 2.06 bits per heavy atom. The third kappa shape index (κ3) is 2.33. The number of nitrogens with zero attached hydrogens (tertiary/aromatic N) is 1. The van der Waals surface area contributed by atoms with Crippen LogP contribution < -0.4 is 5.32 Å². The van der Waals surface area contributed by atoms with E-state index in [2.05, 4.69) is 17.1 Å². The lowest BCUT2D eigenvalue weighted by atomic mass is 9.84. The molecule has 3 atom stereocenters. The minimum absolute atomic E-state index is 0.415. The molecule has 1 N–H and O–H groups in total. The zero-order valence-corrected chi connectivity index (χ0v) is 12.0. The van der Waals surface area contributed by atoms with Crippen molar-refractivity contribution in [2.75, 3.05) is 26.7 Å². The molecule has 0 radical (unpaired) electrons. The highest BCUT2D eigenvalue weighted by atomic mass is 16.5. The Balaban J connectivity index is 1.71. The molecule has 18 heavy (non-hydrogen) atoms. The molecule has 3 fully saturated rings. The van der Waals surface area contributed by atoms with Gasteiger partial charge in [0.25, 0.3) is 0 Å². The summed E-state index contributed by atoms with van der Waals surface area (Å²) < 4.78 is 5.61. The summed E-state index contributed by atoms with van der Waals surface area (Å²) in [6, 6.07) is 0.761. The van der Waals surface area contributed by atoms with Gasteiger partial charge in [-0.15, -0.1) is 0 Å². The predicted octanol–water partition coefficient (Wildman–Crippen LogP) is 2.02. The van der Waals surface area contributed by atoms with Crippen LogP contribution in [0.5, 0.6) is 0 Å². The van der Waals surface area contributed by atoms with E-state index in [0.717, 1.165) is 18.5 Å². The van der Waals surface area contributed by atoms with Gasteiger partial charge in [0.05, 0.1) is 6.10 Å². The summed E-state index contributed by atoms with van der Waals surface area (Å²) in [4.78, 5) is 2.84. The van der Waals surface area contributed by atoms with Gasteiger partial charge in [0.1, 0.15) is 0 Å². The average Bonchev–Trinajstić information content (AvgIpc) is 3.24. The molecule has 104 valence electrons. The van der Waals surface area contributed by atoms with Crippen molar-refractivity contribution in [3.05, 3.63) is 0 Å². The van der Waals surface area contributed by atoms with E-state index in [4.69, 9.17) is 4.74 Å². The number of piperazine rings is 1. The minimum atomic E-state index is 0.415. The van der Waals surface area contributed by atoms with E-state index >= 15 is 0 Å². The predicted molar refractivity (Wildman–Crippen MR) is 73.8 cm³/mol. The second-order valence-corrected chi connectivity index (χ2v) is 6.68. The van der Waals surface area contributed by atoms with E-state index in [0.29, 0.717) is 11.6 Å². The normalized spacial score (nSPS) is 43.0. The zero-order chi connectivity index (χ0) is 12.6. The summed E-state index contributed by atoms with van der Waals surface area (Å²) in [6.07, 6.45) is 8.61. The molecule has 0 amide bonds. The molecule has 0 aromatic carbocycles. The molecule has 0 bridgehead atoms. The van der Waals surface area contributed by atoms with Crippen molar-refractivity contribution < 1.29 is 4.74 Å². The molecule has 3 unspecified atom stereocenters. The minimum Gasteiger partial charge on any atom is -0.381 e. The Labute approximate surface area is 111 Å². The first-order valence-electron chi connectivity index (χ1n) is 7.74. The van der Waals surface area contributed by atoms with Gasteiger partial charge in [0.15, 0.2) is 0 Å². The Morgan fingerprint density at radius 1 is 1.22 bits per heavy atom. The molecule has 3 aliphatic rings. The van der Waals surface area contributed by atoms with Gasteiger partial charge in [-0.1, -0.05) is 0 Å². The number of nitrogens with one attached hydrogen (secondary N) is 1. The first-order valence-corrected chi connectivity index (χ1v) is 7.74. The van der Waals surface area contributed by atoms with Crippen molar-refractivity contribution in [2.45, 2.75) is 63.1 Å². The highest BCUT2D eigenvalue weighted by molar-refractivity contribution is 5.05. The van der Waals surface area contributed by atoms with E-state index in [9.17, 15) is 0 Å². The number of ether oxygens (including phenoxy) is 1. The highest BCUT2D eigenvalue weighted by Crippen LogP contribution is 2.45. The van der Waals surface area contributed by atoms with Gasteiger partial charge >= 0.3 is 0 Å². The van der Waals surface area contributed by atoms with Crippen LogP contribution in [0.1, 0.15) is 45.4 Å². The lowest BCUT2D eigenvalue weighted by Crippen LogP contribution is -2.64. The first kappa shape index (κ1) is 12.9. The van der Waals surface area contributed by atoms with E-state index in [1.807, 2.05) is 7.11 Å². The zero-order valence-electron chi connectivity index (χ0n) is 12.0. The standard InChI is InChI=1S/C15H28N2O/c1-15(12-6-7-12)11-16-8-9-17(15)13-4-3-5-14(10-13)18-2/h12-14,16H,3-11H2,1-2H3. The van der Waals surface area contributed by atoms with Crippen LogP contribution in [-0.4, -0.2) is 49.3 Å². The van der Waals surface area contributed by atoms with Crippen LogP contribution in [0.2, 0.25) is 0 Å². The molecule has 1 aliphatic heterocycles. The third-order valence-electron chi connectivity index (χ3n) is 5.50. The third-order valence-corrected chi connectivity index (χ3v) is 5.50. The second kappa shape index (κ2) is 5.10. The lowest BCUT2D eigenvalue weighted by Gasteiger charge is -2.51. The van der Waals surface area contributed by atoms with Gasteiger partial charge in [-0.05, 0) is 51.4 Å². The van der Waals surface area contributed by atoms with Crippen molar-refractivity contribution in [2.24, 2.45) is 5.92 Å². The van der Waals surface area contributed by atoms with Crippen LogP contribution in [0.25, 0.3) is 0 Å². The molecule has 2 aliphatic carbocycles. The Hall–Kier alpha value is -0.120. The molecule has 0 aromatic rings. The SMILES string of the molecule is COC1CCCC(N2CCNCC2(C)C2CC2)C1. The fourth-order valence-corrected chi connectivity index (χ4v) is 4.20. The fourth-order valence-electron chi connectivity index (χ4n) is 4.20. The maximum atomic E-state index is 5.61. The summed E-state index contributed by atoms with van der Waals surface area (Å²) in [5, 5.41) is 3.62. The van der Waals surface area contributed by atoms with Gasteiger partial charge in [0.2, 0.25) is 0 Å². The number of hydrogen-bond acceptors (Lipinski definition) is 3. The summed E-state index contributed by atoms with van der Waals surface area (Å²) in [5.41, 5.74) is 0.415. The maximum absolute atomic E-state index is 5.61. The van der Waals surface area contributed by atoms with Gasteiger partial charge < -0.3 is 10.1 Å². The molecule has 3 heteroatoms. The van der Waals surface area contributed by atoms with Crippen molar-refractivity contribution in [1.29, 1.82) is 0 Å². The van der Waals surface area contributed by atoms with Crippen LogP contribution in [0.15, 0.2) is 0 Å². The molecule has 1 heterocycles. The first-order chi connectivity index (χ1) is 8.74. The summed E-state index contributed by atoms with van der Waals surface area (Å²) in [5.74, 6) is 0.938. The molecule has 2 saturated carbocycles. The van der Waals surface area contributed by atoms with Crippen LogP contribution >= 0.6 is 0 Å². The van der Waals surface area contributed by atoms with Crippen LogP contribution in [0.4, 0.5) is 0 Å². The monoisotopic (exact) mass is 252 g/mol. The summed E-state index contributed by atoms with van der Waals surface area (Å²) in [6.45, 7) is 6.07. The smallest absolute Gasteiger partial charge is 0.0586 e. The Kier molecular flexibility index (Phi) is 3.65. The number of hydrogen-bond donors (Lipinski definition) is 1. The molecular weight excluding hydrogens is 224 g/mol. The largest absolute Gasteiger partial charge is 0.381 e. The molecule has 1 saturated heterocycles. The fraction of sp³-hybridized carbons (Fsp3) is 1.00. The molecule has 0 aromatic heterocycles. The summed E-state index contributed by atoms with van der Waals surface area (Å²) >= 11 is 0. The van der Waals surface area contributed by atoms with E-state index in [1.165, 1.54) is 51.6 Å². The van der Waals surface area contributed by atoms with Gasteiger partial charge in [-0.2, -0.15) is 0 Å². The Morgan fingerprint density at radius 3 is 2.78 bits per heavy atom. The van der Waals surface area contributed by atoms with E-state index < -0.39 is 0 Å². The van der Waals surface area contributed by atoms with Crippen LogP contribution in [0.3, 0.4) is 0 Å². The van der Waals surface area contributed by atoms with Gasteiger partial charge in [-0.25, -0.2) is 0 Å². The van der Waals surface area contributed by atoms with Crippen molar-refractivity contribution >= 4 is 0 Å². The van der Waals surface area contributed by atoms with Gasteiger partial charge in [-0.3, -0.25) is 4.90 Å². The van der Waals surface area contributed by atoms with Crippen molar-refractivity contribution in [3.8, 4) is 0 Å². The molecule has 0 spiro atoms.